The molecule has 1 aromatic rings. The molecule has 1 aromatic carbocycles. The summed E-state index contributed by atoms with van der Waals surface area (Å²) in [5.74, 6) is 0.543. The maximum absolute atomic E-state index is 11.8. The van der Waals surface area contributed by atoms with Gasteiger partial charge in [-0.3, -0.25) is 4.79 Å². The Kier molecular flexibility index (Phi) is 4.37. The molecule has 1 aliphatic carbocycles. The molecule has 0 bridgehead atoms. The highest BCUT2D eigenvalue weighted by Gasteiger charge is 2.29. The number of benzene rings is 1. The second-order valence-corrected chi connectivity index (χ2v) is 5.30. The summed E-state index contributed by atoms with van der Waals surface area (Å²) in [6.45, 7) is 1.86. The number of amides is 1. The Morgan fingerprint density at radius 3 is 2.78 bits per heavy atom. The van der Waals surface area contributed by atoms with E-state index in [1.165, 1.54) is 12.0 Å². The first-order valence-electron chi connectivity index (χ1n) is 6.76. The Morgan fingerprint density at radius 2 is 2.11 bits per heavy atom. The fourth-order valence-corrected chi connectivity index (χ4v) is 2.79. The van der Waals surface area contributed by atoms with Crippen molar-refractivity contribution in [2.24, 2.45) is 5.73 Å². The van der Waals surface area contributed by atoms with E-state index in [-0.39, 0.29) is 18.0 Å². The van der Waals surface area contributed by atoms with Gasteiger partial charge in [-0.1, -0.05) is 36.8 Å². The lowest BCUT2D eigenvalue weighted by Crippen LogP contribution is -2.38. The molecule has 98 valence electrons. The van der Waals surface area contributed by atoms with Crippen LogP contribution >= 0.6 is 0 Å². The van der Waals surface area contributed by atoms with Gasteiger partial charge in [0.2, 0.25) is 5.91 Å². The van der Waals surface area contributed by atoms with Crippen LogP contribution in [-0.4, -0.2) is 18.0 Å². The van der Waals surface area contributed by atoms with Crippen molar-refractivity contribution in [3.05, 3.63) is 35.9 Å². The van der Waals surface area contributed by atoms with Gasteiger partial charge in [-0.05, 0) is 25.3 Å². The van der Waals surface area contributed by atoms with E-state index in [1.54, 1.807) is 0 Å². The van der Waals surface area contributed by atoms with Crippen molar-refractivity contribution in [1.82, 2.24) is 5.32 Å². The number of rotatable bonds is 4. The van der Waals surface area contributed by atoms with Crippen molar-refractivity contribution >= 4 is 5.91 Å². The molecule has 18 heavy (non-hydrogen) atoms. The molecule has 0 saturated heterocycles. The fraction of sp³-hybridized carbons (Fsp3) is 0.533. The third-order valence-electron chi connectivity index (χ3n) is 3.60. The van der Waals surface area contributed by atoms with Crippen LogP contribution in [0.3, 0.4) is 0 Å². The zero-order valence-electron chi connectivity index (χ0n) is 10.9. The lowest BCUT2D eigenvalue weighted by Gasteiger charge is -2.22. The molecule has 1 saturated carbocycles. The minimum atomic E-state index is -0.0680. The summed E-state index contributed by atoms with van der Waals surface area (Å²) in [6.07, 6.45) is 3.83. The average Bonchev–Trinajstić information content (AvgIpc) is 2.77. The van der Waals surface area contributed by atoms with E-state index in [0.717, 1.165) is 12.8 Å². The number of carbonyl (C=O) groups is 1. The molecule has 1 aliphatic rings. The van der Waals surface area contributed by atoms with E-state index in [2.05, 4.69) is 29.6 Å². The van der Waals surface area contributed by atoms with Gasteiger partial charge in [0.25, 0.3) is 0 Å². The summed E-state index contributed by atoms with van der Waals surface area (Å²) in [7, 11) is 0. The van der Waals surface area contributed by atoms with Gasteiger partial charge in [0.05, 0.1) is 0 Å². The number of nitrogens with two attached hydrogens (primary N) is 1. The van der Waals surface area contributed by atoms with E-state index in [4.69, 9.17) is 5.73 Å². The average molecular weight is 246 g/mol. The van der Waals surface area contributed by atoms with Crippen molar-refractivity contribution in [3.8, 4) is 0 Å². The first-order chi connectivity index (χ1) is 8.66. The van der Waals surface area contributed by atoms with Crippen LogP contribution in [0.15, 0.2) is 30.3 Å². The van der Waals surface area contributed by atoms with Crippen molar-refractivity contribution in [2.75, 3.05) is 0 Å². The van der Waals surface area contributed by atoms with Gasteiger partial charge in [0, 0.05) is 24.4 Å². The maximum Gasteiger partial charge on any atom is 0.221 e. The van der Waals surface area contributed by atoms with Crippen LogP contribution in [-0.2, 0) is 4.79 Å². The van der Waals surface area contributed by atoms with Crippen LogP contribution < -0.4 is 11.1 Å². The minimum absolute atomic E-state index is 0.0680. The molecule has 0 radical (unpaired) electrons. The Bertz CT molecular complexity index is 389. The molecular formula is C15H22N2O. The minimum Gasteiger partial charge on any atom is -0.353 e. The molecule has 3 nitrogen and oxygen atoms in total. The number of hydrogen-bond donors (Lipinski definition) is 2. The van der Waals surface area contributed by atoms with Gasteiger partial charge in [-0.15, -0.1) is 0 Å². The Hall–Kier alpha value is -1.35. The largest absolute Gasteiger partial charge is 0.353 e. The smallest absolute Gasteiger partial charge is 0.221 e. The van der Waals surface area contributed by atoms with Crippen LogP contribution in [0.5, 0.6) is 0 Å². The summed E-state index contributed by atoms with van der Waals surface area (Å²) in [6, 6.07) is 10.7. The van der Waals surface area contributed by atoms with Crippen LogP contribution in [0.25, 0.3) is 0 Å². The second-order valence-electron chi connectivity index (χ2n) is 5.30. The van der Waals surface area contributed by atoms with Gasteiger partial charge in [0.1, 0.15) is 0 Å². The predicted octanol–water partition coefficient (Wildman–Crippen LogP) is 2.18. The van der Waals surface area contributed by atoms with E-state index in [9.17, 15) is 4.79 Å². The zero-order valence-corrected chi connectivity index (χ0v) is 10.9. The third-order valence-corrected chi connectivity index (χ3v) is 3.60. The predicted molar refractivity (Wildman–Crippen MR) is 73.2 cm³/mol. The molecule has 0 spiro atoms. The van der Waals surface area contributed by atoms with E-state index >= 15 is 0 Å². The second kappa shape index (κ2) is 6.01. The Morgan fingerprint density at radius 1 is 1.39 bits per heavy atom. The standard InChI is InChI=1S/C15H22N2O/c1-11(16)10-15(18)17-14-9-5-8-13(14)12-6-3-2-4-7-12/h2-4,6-7,11,13-14H,5,8-10,16H2,1H3,(H,17,18). The van der Waals surface area contributed by atoms with Crippen LogP contribution in [0.4, 0.5) is 0 Å². The van der Waals surface area contributed by atoms with Gasteiger partial charge >= 0.3 is 0 Å². The Balaban J connectivity index is 1.98. The molecular weight excluding hydrogens is 224 g/mol. The van der Waals surface area contributed by atoms with Crippen LogP contribution in [0.1, 0.15) is 44.1 Å². The topological polar surface area (TPSA) is 55.1 Å². The van der Waals surface area contributed by atoms with Crippen molar-refractivity contribution in [3.63, 3.8) is 0 Å². The summed E-state index contributed by atoms with van der Waals surface area (Å²) in [5, 5.41) is 3.14. The molecule has 3 N–H and O–H groups in total. The normalized spacial score (nSPS) is 24.8. The van der Waals surface area contributed by atoms with Crippen molar-refractivity contribution in [1.29, 1.82) is 0 Å². The highest BCUT2D eigenvalue weighted by molar-refractivity contribution is 5.77. The van der Waals surface area contributed by atoms with E-state index < -0.39 is 0 Å². The summed E-state index contributed by atoms with van der Waals surface area (Å²) in [4.78, 5) is 11.8. The highest BCUT2D eigenvalue weighted by Crippen LogP contribution is 2.34. The fourth-order valence-electron chi connectivity index (χ4n) is 2.79. The lowest BCUT2D eigenvalue weighted by molar-refractivity contribution is -0.122. The highest BCUT2D eigenvalue weighted by atomic mass is 16.1. The maximum atomic E-state index is 11.8. The number of hydrogen-bond acceptors (Lipinski definition) is 2. The molecule has 0 aliphatic heterocycles. The van der Waals surface area contributed by atoms with Crippen molar-refractivity contribution in [2.45, 2.75) is 50.6 Å². The first-order valence-corrected chi connectivity index (χ1v) is 6.76. The van der Waals surface area contributed by atoms with Gasteiger partial charge in [-0.25, -0.2) is 0 Å². The summed E-state index contributed by atoms with van der Waals surface area (Å²) < 4.78 is 0. The molecule has 3 heteroatoms. The molecule has 3 atom stereocenters. The number of nitrogens with one attached hydrogen (secondary N) is 1. The van der Waals surface area contributed by atoms with Gasteiger partial charge < -0.3 is 11.1 Å². The van der Waals surface area contributed by atoms with Gasteiger partial charge in [0.15, 0.2) is 0 Å². The molecule has 1 fully saturated rings. The molecule has 0 aromatic heterocycles. The van der Waals surface area contributed by atoms with E-state index in [0.29, 0.717) is 12.3 Å². The van der Waals surface area contributed by atoms with Crippen molar-refractivity contribution < 1.29 is 4.79 Å². The monoisotopic (exact) mass is 246 g/mol. The zero-order chi connectivity index (χ0) is 13.0. The Labute approximate surface area is 109 Å². The van der Waals surface area contributed by atoms with Crippen LogP contribution in [0, 0.1) is 0 Å². The van der Waals surface area contributed by atoms with E-state index in [1.807, 2.05) is 13.0 Å². The third kappa shape index (κ3) is 3.33. The lowest BCUT2D eigenvalue weighted by atomic mass is 9.94. The quantitative estimate of drug-likeness (QED) is 0.855. The number of carbonyl (C=O) groups excluding carboxylic acids is 1. The molecule has 1 amide bonds. The first kappa shape index (κ1) is 13.1. The van der Waals surface area contributed by atoms with Gasteiger partial charge in [-0.2, -0.15) is 0 Å². The molecule has 3 unspecified atom stereocenters. The molecule has 0 heterocycles. The SMILES string of the molecule is CC(N)CC(=O)NC1CCCC1c1ccccc1. The summed E-state index contributed by atoms with van der Waals surface area (Å²) in [5.41, 5.74) is 6.99. The molecule has 2 rings (SSSR count). The summed E-state index contributed by atoms with van der Waals surface area (Å²) >= 11 is 0. The van der Waals surface area contributed by atoms with Crippen LogP contribution in [0.2, 0.25) is 0 Å².